The Kier molecular flexibility index (Phi) is 8.49. The van der Waals surface area contributed by atoms with Crippen molar-refractivity contribution in [2.24, 2.45) is 9.98 Å². The third-order valence-electron chi connectivity index (χ3n) is 12.0. The number of furan rings is 2. The number of hydrogen-bond acceptors (Lipinski definition) is 5. The third kappa shape index (κ3) is 6.18. The Morgan fingerprint density at radius 2 is 0.855 bits per heavy atom. The molecule has 2 aromatic heterocycles. The largest absolute Gasteiger partial charge is 0.456 e. The molecule has 1 aliphatic rings. The highest BCUT2D eigenvalue weighted by atomic mass is 16.3. The van der Waals surface area contributed by atoms with Crippen molar-refractivity contribution in [2.75, 3.05) is 0 Å². The first kappa shape index (κ1) is 35.6. The highest BCUT2D eigenvalue weighted by Gasteiger charge is 2.22. The molecule has 0 aliphatic carbocycles. The molecular formula is C57H37N3O2. The van der Waals surface area contributed by atoms with Crippen LogP contribution in [0.2, 0.25) is 0 Å². The Labute approximate surface area is 358 Å². The number of benzene rings is 9. The van der Waals surface area contributed by atoms with Gasteiger partial charge in [0, 0.05) is 32.7 Å². The van der Waals surface area contributed by atoms with E-state index in [1.54, 1.807) is 0 Å². The lowest BCUT2D eigenvalue weighted by Crippen LogP contribution is -2.33. The van der Waals surface area contributed by atoms with Crippen molar-refractivity contribution in [1.29, 1.82) is 0 Å². The number of hydrogen-bond donors (Lipinski definition) is 1. The van der Waals surface area contributed by atoms with Crippen LogP contribution in [0.25, 0.3) is 88.4 Å². The van der Waals surface area contributed by atoms with E-state index in [0.717, 1.165) is 111 Å². The van der Waals surface area contributed by atoms with Gasteiger partial charge in [0.15, 0.2) is 5.84 Å². The van der Waals surface area contributed by atoms with Gasteiger partial charge in [-0.1, -0.05) is 176 Å². The summed E-state index contributed by atoms with van der Waals surface area (Å²) >= 11 is 0. The highest BCUT2D eigenvalue weighted by Crippen LogP contribution is 2.44. The number of para-hydroxylation sites is 1. The van der Waals surface area contributed by atoms with E-state index in [2.05, 4.69) is 181 Å². The van der Waals surface area contributed by atoms with Crippen LogP contribution in [-0.4, -0.2) is 11.7 Å². The van der Waals surface area contributed by atoms with Crippen LogP contribution in [0.15, 0.2) is 231 Å². The van der Waals surface area contributed by atoms with E-state index < -0.39 is 0 Å². The van der Waals surface area contributed by atoms with Gasteiger partial charge in [0.2, 0.25) is 0 Å². The first-order chi connectivity index (χ1) is 30.7. The van der Waals surface area contributed by atoms with Crippen LogP contribution in [-0.2, 0) is 0 Å². The average Bonchev–Trinajstić information content (AvgIpc) is 3.93. The smallest absolute Gasteiger partial charge is 0.159 e. The van der Waals surface area contributed by atoms with Crippen LogP contribution in [0.4, 0.5) is 0 Å². The van der Waals surface area contributed by atoms with Gasteiger partial charge in [-0.2, -0.15) is 0 Å². The fraction of sp³-hybridized carbons (Fsp3) is 0.0175. The summed E-state index contributed by atoms with van der Waals surface area (Å²) in [5.41, 5.74) is 15.5. The molecule has 0 radical (unpaired) electrons. The number of nitrogens with one attached hydrogen (secondary N) is 1. The summed E-state index contributed by atoms with van der Waals surface area (Å²) in [4.78, 5) is 10.2. The van der Waals surface area contributed by atoms with Crippen LogP contribution in [0.3, 0.4) is 0 Å². The zero-order chi connectivity index (χ0) is 41.0. The fourth-order valence-corrected chi connectivity index (χ4v) is 9.00. The van der Waals surface area contributed by atoms with Crippen molar-refractivity contribution < 1.29 is 8.83 Å². The van der Waals surface area contributed by atoms with Crippen molar-refractivity contribution in [1.82, 2.24) is 5.32 Å². The first-order valence-electron chi connectivity index (χ1n) is 20.9. The maximum Gasteiger partial charge on any atom is 0.159 e. The van der Waals surface area contributed by atoms with Gasteiger partial charge < -0.3 is 14.2 Å². The minimum Gasteiger partial charge on any atom is -0.456 e. The van der Waals surface area contributed by atoms with Crippen molar-refractivity contribution >= 4 is 55.5 Å². The normalized spacial score (nSPS) is 14.0. The Morgan fingerprint density at radius 1 is 0.355 bits per heavy atom. The molecule has 0 saturated carbocycles. The van der Waals surface area contributed by atoms with E-state index in [4.69, 9.17) is 18.8 Å². The molecule has 3 heterocycles. The van der Waals surface area contributed by atoms with Crippen molar-refractivity contribution in [3.8, 4) is 44.5 Å². The first-order valence-corrected chi connectivity index (χ1v) is 20.9. The van der Waals surface area contributed by atoms with Crippen LogP contribution in [0, 0.1) is 0 Å². The van der Waals surface area contributed by atoms with Gasteiger partial charge in [-0.3, -0.25) is 0 Å². The Morgan fingerprint density at radius 3 is 1.60 bits per heavy atom. The summed E-state index contributed by atoms with van der Waals surface area (Å²) in [5, 5.41) is 8.04. The van der Waals surface area contributed by atoms with Gasteiger partial charge in [-0.05, 0) is 86.5 Å². The highest BCUT2D eigenvalue weighted by molar-refractivity contribution is 6.18. The monoisotopic (exact) mass is 795 g/mol. The zero-order valence-electron chi connectivity index (χ0n) is 33.5. The Hall–Kier alpha value is -8.28. The summed E-state index contributed by atoms with van der Waals surface area (Å²) < 4.78 is 12.9. The molecule has 0 bridgehead atoms. The predicted molar refractivity (Wildman–Crippen MR) is 255 cm³/mol. The lowest BCUT2D eigenvalue weighted by molar-refractivity contribution is 0.668. The lowest BCUT2D eigenvalue weighted by Gasteiger charge is -2.24. The number of fused-ring (bicyclic) bond motifs is 6. The molecule has 292 valence electrons. The van der Waals surface area contributed by atoms with Crippen molar-refractivity contribution in [3.63, 3.8) is 0 Å². The van der Waals surface area contributed by atoms with Crippen LogP contribution in [0.5, 0.6) is 0 Å². The number of rotatable bonds is 7. The minimum absolute atomic E-state index is 0.287. The third-order valence-corrected chi connectivity index (χ3v) is 12.0. The molecule has 1 N–H and O–H groups in total. The number of aliphatic imine (C=N–C) groups is 2. The second-order valence-electron chi connectivity index (χ2n) is 15.7. The van der Waals surface area contributed by atoms with E-state index >= 15 is 0 Å². The van der Waals surface area contributed by atoms with Gasteiger partial charge in [0.05, 0.1) is 0 Å². The SMILES string of the molecule is c1ccc(-c2cccc(C3=NC(c4ccccc4)NC(c4ccc(-c5ccc6c(c5)oc5cccc(-c7ccccc7-c7cccc8oc9ccccc9c78)c56)cc4)=N3)c2)cc1. The molecular weight excluding hydrogens is 759 g/mol. The number of nitrogens with zero attached hydrogens (tertiary/aromatic N) is 2. The maximum absolute atomic E-state index is 6.64. The quantitative estimate of drug-likeness (QED) is 0.175. The van der Waals surface area contributed by atoms with Gasteiger partial charge in [-0.15, -0.1) is 0 Å². The predicted octanol–water partition coefficient (Wildman–Crippen LogP) is 14.6. The number of amidine groups is 2. The molecule has 5 nitrogen and oxygen atoms in total. The molecule has 0 fully saturated rings. The van der Waals surface area contributed by atoms with E-state index in [-0.39, 0.29) is 6.17 Å². The summed E-state index contributed by atoms with van der Waals surface area (Å²) in [6.45, 7) is 0. The molecule has 9 aromatic carbocycles. The van der Waals surface area contributed by atoms with Crippen LogP contribution in [0.1, 0.15) is 22.9 Å². The molecule has 1 unspecified atom stereocenters. The zero-order valence-corrected chi connectivity index (χ0v) is 33.5. The lowest BCUT2D eigenvalue weighted by atomic mass is 9.90. The molecule has 62 heavy (non-hydrogen) atoms. The second kappa shape index (κ2) is 14.8. The minimum atomic E-state index is -0.287. The summed E-state index contributed by atoms with van der Waals surface area (Å²) in [5.74, 6) is 1.47. The topological polar surface area (TPSA) is 63.0 Å². The van der Waals surface area contributed by atoms with Crippen LogP contribution < -0.4 is 5.32 Å². The molecule has 5 heteroatoms. The van der Waals surface area contributed by atoms with Gasteiger partial charge >= 0.3 is 0 Å². The molecule has 1 aliphatic heterocycles. The fourth-order valence-electron chi connectivity index (χ4n) is 9.00. The molecule has 11 aromatic rings. The Balaban J connectivity index is 0.896. The molecule has 0 amide bonds. The molecule has 1 atom stereocenters. The van der Waals surface area contributed by atoms with Gasteiger partial charge in [0.1, 0.15) is 34.3 Å². The Bertz CT molecular complexity index is 3540. The van der Waals surface area contributed by atoms with E-state index in [1.807, 2.05) is 36.4 Å². The van der Waals surface area contributed by atoms with Gasteiger partial charge in [0.25, 0.3) is 0 Å². The van der Waals surface area contributed by atoms with E-state index in [0.29, 0.717) is 5.84 Å². The average molecular weight is 796 g/mol. The van der Waals surface area contributed by atoms with E-state index in [9.17, 15) is 0 Å². The maximum atomic E-state index is 6.64. The second-order valence-corrected chi connectivity index (χ2v) is 15.7. The molecule has 0 spiro atoms. The van der Waals surface area contributed by atoms with Crippen LogP contribution >= 0.6 is 0 Å². The van der Waals surface area contributed by atoms with Crippen molar-refractivity contribution in [2.45, 2.75) is 6.17 Å². The summed E-state index contributed by atoms with van der Waals surface area (Å²) in [7, 11) is 0. The summed E-state index contributed by atoms with van der Waals surface area (Å²) in [6, 6.07) is 73.9. The van der Waals surface area contributed by atoms with E-state index in [1.165, 1.54) is 0 Å². The standard InChI is InChI=1S/C57H37N3O2/c1-3-14-36(15-4-1)40-18-11-19-42(34-40)57-59-55(38-16-5-2-6-17-38)58-56(60-57)39-30-28-37(29-31-39)41-32-33-48-52(35-41)62-51-27-13-24-46(54(48)51)44-21-8-7-20-43(44)45-23-12-26-50-53(45)47-22-9-10-25-49(47)61-50/h1-35,55H,(H,58,59,60). The molecule has 0 saturated heterocycles. The van der Waals surface area contributed by atoms with Crippen molar-refractivity contribution in [3.05, 3.63) is 229 Å². The van der Waals surface area contributed by atoms with Gasteiger partial charge in [-0.25, -0.2) is 9.98 Å². The summed E-state index contributed by atoms with van der Waals surface area (Å²) in [6.07, 6.45) is -0.287. The molecule has 12 rings (SSSR count).